The van der Waals surface area contributed by atoms with Crippen molar-refractivity contribution >= 4 is 15.7 Å². The zero-order chi connectivity index (χ0) is 16.4. The van der Waals surface area contributed by atoms with E-state index in [2.05, 4.69) is 0 Å². The third-order valence-electron chi connectivity index (χ3n) is 2.59. The fourth-order valence-corrected chi connectivity index (χ4v) is 2.77. The molecule has 0 heterocycles. The van der Waals surface area contributed by atoms with Gasteiger partial charge in [0.15, 0.2) is 6.10 Å². The first-order valence-electron chi connectivity index (χ1n) is 5.45. The van der Waals surface area contributed by atoms with Crippen LogP contribution in [0.5, 0.6) is 0 Å². The zero-order valence-corrected chi connectivity index (χ0v) is 11.4. The summed E-state index contributed by atoms with van der Waals surface area (Å²) in [6, 6.07) is 3.18. The SMILES string of the molecule is Cc1c([N+](=O)[O-])cccc1S(=O)(=O)NCC(O)C(F)(F)F. The molecule has 7 nitrogen and oxygen atoms in total. The Bertz CT molecular complexity index is 645. The van der Waals surface area contributed by atoms with Crippen LogP contribution in [-0.2, 0) is 10.0 Å². The number of sulfonamides is 1. The van der Waals surface area contributed by atoms with Crippen LogP contribution in [0.2, 0.25) is 0 Å². The minimum absolute atomic E-state index is 0.212. The maximum absolute atomic E-state index is 12.1. The summed E-state index contributed by atoms with van der Waals surface area (Å²) in [6.45, 7) is -0.124. The molecule has 0 radical (unpaired) electrons. The lowest BCUT2D eigenvalue weighted by Gasteiger charge is -2.15. The van der Waals surface area contributed by atoms with E-state index in [1.165, 1.54) is 0 Å². The standard InChI is InChI=1S/C10H11F3N2O5S/c1-6-7(15(17)18)3-2-4-8(6)21(19,20)14-5-9(16)10(11,12)13/h2-4,9,14,16H,5H2,1H3. The summed E-state index contributed by atoms with van der Waals surface area (Å²) >= 11 is 0. The second kappa shape index (κ2) is 5.95. The number of benzene rings is 1. The summed E-state index contributed by atoms with van der Waals surface area (Å²) in [5.74, 6) is 0. The molecule has 0 aromatic heterocycles. The molecule has 0 saturated heterocycles. The van der Waals surface area contributed by atoms with Crippen LogP contribution in [0.3, 0.4) is 0 Å². The predicted molar refractivity (Wildman–Crippen MR) is 65.1 cm³/mol. The quantitative estimate of drug-likeness (QED) is 0.621. The highest BCUT2D eigenvalue weighted by Crippen LogP contribution is 2.25. The van der Waals surface area contributed by atoms with Gasteiger partial charge >= 0.3 is 6.18 Å². The summed E-state index contributed by atoms with van der Waals surface area (Å²) in [6.07, 6.45) is -7.84. The maximum Gasteiger partial charge on any atom is 0.415 e. The van der Waals surface area contributed by atoms with Crippen LogP contribution in [0.25, 0.3) is 0 Å². The molecule has 118 valence electrons. The molecule has 1 atom stereocenters. The van der Waals surface area contributed by atoms with Gasteiger partial charge in [0.1, 0.15) is 0 Å². The van der Waals surface area contributed by atoms with Crippen molar-refractivity contribution < 1.29 is 31.6 Å². The number of aliphatic hydroxyl groups excluding tert-OH is 1. The van der Waals surface area contributed by atoms with Crippen molar-refractivity contribution in [2.45, 2.75) is 24.1 Å². The molecule has 1 aromatic carbocycles. The van der Waals surface area contributed by atoms with Gasteiger partial charge in [-0.15, -0.1) is 0 Å². The minimum atomic E-state index is -4.97. The second-order valence-corrected chi connectivity index (χ2v) is 5.80. The summed E-state index contributed by atoms with van der Waals surface area (Å²) < 4.78 is 61.6. The smallest absolute Gasteiger partial charge is 0.382 e. The molecule has 11 heteroatoms. The molecule has 0 amide bonds. The van der Waals surface area contributed by atoms with Gasteiger partial charge in [0.2, 0.25) is 10.0 Å². The Kier molecular flexibility index (Phi) is 4.91. The third kappa shape index (κ3) is 4.12. The molecular formula is C10H11F3N2O5S. The Balaban J connectivity index is 3.05. The van der Waals surface area contributed by atoms with Gasteiger partial charge in [-0.1, -0.05) is 6.07 Å². The van der Waals surface area contributed by atoms with Crippen molar-refractivity contribution in [3.63, 3.8) is 0 Å². The van der Waals surface area contributed by atoms with Crippen molar-refractivity contribution in [3.8, 4) is 0 Å². The van der Waals surface area contributed by atoms with Gasteiger partial charge in [0.05, 0.1) is 9.82 Å². The zero-order valence-electron chi connectivity index (χ0n) is 10.6. The molecule has 0 fully saturated rings. The average Bonchev–Trinajstić information content (AvgIpc) is 2.34. The number of alkyl halides is 3. The number of hydrogen-bond donors (Lipinski definition) is 2. The fraction of sp³-hybridized carbons (Fsp3) is 0.400. The van der Waals surface area contributed by atoms with Crippen molar-refractivity contribution in [2.24, 2.45) is 0 Å². The van der Waals surface area contributed by atoms with Gasteiger partial charge in [-0.3, -0.25) is 10.1 Å². The lowest BCUT2D eigenvalue weighted by molar-refractivity contribution is -0.385. The number of halogens is 3. The Labute approximate surface area is 117 Å². The van der Waals surface area contributed by atoms with Crippen molar-refractivity contribution in [1.29, 1.82) is 0 Å². The molecule has 1 aromatic rings. The Hall–Kier alpha value is -1.72. The van der Waals surface area contributed by atoms with Gasteiger partial charge in [-0.2, -0.15) is 13.2 Å². The van der Waals surface area contributed by atoms with E-state index in [0.29, 0.717) is 0 Å². The largest absolute Gasteiger partial charge is 0.415 e. The number of rotatable bonds is 5. The van der Waals surface area contributed by atoms with E-state index in [1.54, 1.807) is 4.72 Å². The van der Waals surface area contributed by atoms with Crippen LogP contribution in [0.15, 0.2) is 23.1 Å². The molecule has 0 bridgehead atoms. The monoisotopic (exact) mass is 328 g/mol. The first-order chi connectivity index (χ1) is 9.47. The number of nitro benzene ring substituents is 1. The Morgan fingerprint density at radius 2 is 2.00 bits per heavy atom. The van der Waals surface area contributed by atoms with Crippen molar-refractivity contribution in [3.05, 3.63) is 33.9 Å². The van der Waals surface area contributed by atoms with Crippen LogP contribution < -0.4 is 4.72 Å². The molecular weight excluding hydrogens is 317 g/mol. The maximum atomic E-state index is 12.1. The number of aliphatic hydroxyl groups is 1. The highest BCUT2D eigenvalue weighted by atomic mass is 32.2. The highest BCUT2D eigenvalue weighted by Gasteiger charge is 2.39. The summed E-state index contributed by atoms with van der Waals surface area (Å²) in [5, 5.41) is 19.4. The normalized spacial score (nSPS) is 14.0. The first kappa shape index (κ1) is 17.3. The van der Waals surface area contributed by atoms with E-state index in [-0.39, 0.29) is 5.56 Å². The number of nitro groups is 1. The summed E-state index contributed by atoms with van der Waals surface area (Å²) in [5.41, 5.74) is -0.689. The predicted octanol–water partition coefficient (Wildman–Crippen LogP) is 1.10. The molecule has 0 aliphatic carbocycles. The average molecular weight is 328 g/mol. The Morgan fingerprint density at radius 1 is 1.43 bits per heavy atom. The van der Waals surface area contributed by atoms with Crippen LogP contribution in [0, 0.1) is 17.0 Å². The van der Waals surface area contributed by atoms with E-state index in [4.69, 9.17) is 5.11 Å². The van der Waals surface area contributed by atoms with Crippen LogP contribution in [-0.4, -0.2) is 37.3 Å². The van der Waals surface area contributed by atoms with Gasteiger partial charge in [0, 0.05) is 18.2 Å². The van der Waals surface area contributed by atoms with Crippen LogP contribution in [0.1, 0.15) is 5.56 Å². The molecule has 0 saturated carbocycles. The van der Waals surface area contributed by atoms with Crippen molar-refractivity contribution in [1.82, 2.24) is 4.72 Å². The number of nitrogens with zero attached hydrogens (tertiary/aromatic N) is 1. The van der Waals surface area contributed by atoms with Gasteiger partial charge in [-0.25, -0.2) is 13.1 Å². The molecule has 0 aliphatic rings. The summed E-state index contributed by atoms with van der Waals surface area (Å²) in [4.78, 5) is 9.37. The second-order valence-electron chi connectivity index (χ2n) is 4.07. The number of nitrogens with one attached hydrogen (secondary N) is 1. The van der Waals surface area contributed by atoms with Gasteiger partial charge in [0.25, 0.3) is 5.69 Å². The van der Waals surface area contributed by atoms with E-state index in [0.717, 1.165) is 25.1 Å². The van der Waals surface area contributed by atoms with E-state index >= 15 is 0 Å². The molecule has 1 unspecified atom stereocenters. The topological polar surface area (TPSA) is 110 Å². The van der Waals surface area contributed by atoms with E-state index in [1.807, 2.05) is 0 Å². The molecule has 0 aliphatic heterocycles. The van der Waals surface area contributed by atoms with Crippen LogP contribution in [0.4, 0.5) is 18.9 Å². The molecule has 21 heavy (non-hydrogen) atoms. The summed E-state index contributed by atoms with van der Waals surface area (Å²) in [7, 11) is -4.42. The van der Waals surface area contributed by atoms with Gasteiger partial charge < -0.3 is 5.11 Å². The lowest BCUT2D eigenvalue weighted by atomic mass is 10.2. The lowest BCUT2D eigenvalue weighted by Crippen LogP contribution is -2.40. The molecule has 0 spiro atoms. The fourth-order valence-electron chi connectivity index (χ4n) is 1.47. The highest BCUT2D eigenvalue weighted by molar-refractivity contribution is 7.89. The van der Waals surface area contributed by atoms with E-state index < -0.39 is 44.4 Å². The minimum Gasteiger partial charge on any atom is -0.382 e. The first-order valence-corrected chi connectivity index (χ1v) is 6.93. The third-order valence-corrected chi connectivity index (χ3v) is 4.15. The Morgan fingerprint density at radius 3 is 2.48 bits per heavy atom. The van der Waals surface area contributed by atoms with Crippen LogP contribution >= 0.6 is 0 Å². The van der Waals surface area contributed by atoms with E-state index in [9.17, 15) is 31.7 Å². The molecule has 1 rings (SSSR count). The van der Waals surface area contributed by atoms with Crippen molar-refractivity contribution in [2.75, 3.05) is 6.54 Å². The van der Waals surface area contributed by atoms with Gasteiger partial charge in [-0.05, 0) is 13.0 Å². The number of hydrogen-bond acceptors (Lipinski definition) is 5. The molecule has 2 N–H and O–H groups in total.